The van der Waals surface area contributed by atoms with Crippen LogP contribution in [0.5, 0.6) is 0 Å². The molecule has 2 aliphatic rings. The number of hydrogen-bond donors (Lipinski definition) is 3. The number of aliphatic hydroxyl groups excluding tert-OH is 1. The summed E-state index contributed by atoms with van der Waals surface area (Å²) in [6.45, 7) is 6.46. The molecule has 2 fully saturated rings. The van der Waals surface area contributed by atoms with E-state index in [4.69, 9.17) is 14.1 Å². The first-order valence-electron chi connectivity index (χ1n) is 11.4. The lowest BCUT2D eigenvalue weighted by Gasteiger charge is -2.18. The van der Waals surface area contributed by atoms with E-state index in [-0.39, 0.29) is 30.1 Å². The molecule has 32 heavy (non-hydrogen) atoms. The minimum absolute atomic E-state index is 0. The summed E-state index contributed by atoms with van der Waals surface area (Å²) in [5, 5.41) is 16.8. The SMILES string of the molecule is I.OC1CCN(Cc2ccccc2CN=C(NCCc2ccco2)NCC2CCOC2)C1. The summed E-state index contributed by atoms with van der Waals surface area (Å²) in [6.07, 6.45) is 4.28. The van der Waals surface area contributed by atoms with Crippen molar-refractivity contribution >= 4 is 29.9 Å². The maximum Gasteiger partial charge on any atom is 0.191 e. The number of likely N-dealkylation sites (tertiary alicyclic amines) is 1. The number of β-amino-alcohol motifs (C(OH)–C–C–N with tert-alkyl or cyclic N) is 1. The molecule has 0 spiro atoms. The summed E-state index contributed by atoms with van der Waals surface area (Å²) >= 11 is 0. The van der Waals surface area contributed by atoms with E-state index < -0.39 is 0 Å². The fraction of sp³-hybridized carbons (Fsp3) is 0.542. The largest absolute Gasteiger partial charge is 0.469 e. The molecule has 2 saturated heterocycles. The van der Waals surface area contributed by atoms with Gasteiger partial charge in [-0.15, -0.1) is 24.0 Å². The number of nitrogens with zero attached hydrogens (tertiary/aromatic N) is 2. The highest BCUT2D eigenvalue weighted by Crippen LogP contribution is 2.17. The van der Waals surface area contributed by atoms with Crippen molar-refractivity contribution in [2.24, 2.45) is 10.9 Å². The molecule has 2 atom stereocenters. The molecule has 4 rings (SSSR count). The van der Waals surface area contributed by atoms with Crippen LogP contribution in [0.1, 0.15) is 29.7 Å². The summed E-state index contributed by atoms with van der Waals surface area (Å²) in [5.74, 6) is 2.32. The van der Waals surface area contributed by atoms with Gasteiger partial charge in [0.05, 0.1) is 25.5 Å². The van der Waals surface area contributed by atoms with E-state index in [2.05, 4.69) is 39.8 Å². The molecule has 1 aromatic carbocycles. The topological polar surface area (TPSA) is 82.3 Å². The molecular weight excluding hydrogens is 519 g/mol. The van der Waals surface area contributed by atoms with Crippen molar-refractivity contribution in [2.75, 3.05) is 39.4 Å². The van der Waals surface area contributed by atoms with Crippen LogP contribution < -0.4 is 10.6 Å². The second kappa shape index (κ2) is 13.2. The number of halogens is 1. The van der Waals surface area contributed by atoms with Crippen LogP contribution in [0.25, 0.3) is 0 Å². The molecule has 2 aromatic rings. The minimum atomic E-state index is -0.195. The van der Waals surface area contributed by atoms with Crippen LogP contribution >= 0.6 is 24.0 Å². The Balaban J connectivity index is 0.00000289. The fourth-order valence-electron chi connectivity index (χ4n) is 4.15. The number of hydrogen-bond acceptors (Lipinski definition) is 5. The number of aliphatic hydroxyl groups is 1. The lowest BCUT2D eigenvalue weighted by Crippen LogP contribution is -2.41. The molecule has 1 aromatic heterocycles. The smallest absolute Gasteiger partial charge is 0.191 e. The molecule has 2 aliphatic heterocycles. The number of rotatable bonds is 9. The molecule has 0 bridgehead atoms. The zero-order valence-corrected chi connectivity index (χ0v) is 20.9. The lowest BCUT2D eigenvalue weighted by atomic mass is 10.1. The van der Waals surface area contributed by atoms with Crippen LogP contribution in [-0.2, 0) is 24.2 Å². The molecule has 3 heterocycles. The lowest BCUT2D eigenvalue weighted by molar-refractivity contribution is 0.174. The van der Waals surface area contributed by atoms with E-state index >= 15 is 0 Å². The van der Waals surface area contributed by atoms with E-state index in [1.165, 1.54) is 11.1 Å². The number of ether oxygens (including phenoxy) is 1. The van der Waals surface area contributed by atoms with Crippen molar-refractivity contribution in [3.8, 4) is 0 Å². The average Bonchev–Trinajstić information content (AvgIpc) is 3.54. The van der Waals surface area contributed by atoms with Gasteiger partial charge in [0.2, 0.25) is 0 Å². The Labute approximate surface area is 207 Å². The average molecular weight is 554 g/mol. The van der Waals surface area contributed by atoms with Crippen LogP contribution in [0.3, 0.4) is 0 Å². The second-order valence-electron chi connectivity index (χ2n) is 8.48. The molecule has 2 unspecified atom stereocenters. The van der Waals surface area contributed by atoms with Gasteiger partial charge in [-0.05, 0) is 36.1 Å². The minimum Gasteiger partial charge on any atom is -0.469 e. The molecular formula is C24H35IN4O3. The van der Waals surface area contributed by atoms with Gasteiger partial charge in [0.1, 0.15) is 5.76 Å². The first-order valence-corrected chi connectivity index (χ1v) is 11.4. The van der Waals surface area contributed by atoms with Crippen molar-refractivity contribution in [1.29, 1.82) is 0 Å². The Kier molecular flexibility index (Phi) is 10.3. The zero-order chi connectivity index (χ0) is 21.3. The molecule has 0 amide bonds. The Morgan fingerprint density at radius 3 is 2.72 bits per heavy atom. The van der Waals surface area contributed by atoms with Gasteiger partial charge in [-0.3, -0.25) is 4.90 Å². The van der Waals surface area contributed by atoms with E-state index in [1.807, 2.05) is 12.1 Å². The third-order valence-electron chi connectivity index (χ3n) is 5.99. The fourth-order valence-corrected chi connectivity index (χ4v) is 4.15. The van der Waals surface area contributed by atoms with Gasteiger partial charge in [0, 0.05) is 51.7 Å². The molecule has 0 radical (unpaired) electrons. The van der Waals surface area contributed by atoms with Crippen LogP contribution in [0.2, 0.25) is 0 Å². The summed E-state index contributed by atoms with van der Waals surface area (Å²) in [7, 11) is 0. The van der Waals surface area contributed by atoms with Crippen molar-refractivity contribution < 1.29 is 14.3 Å². The number of aliphatic imine (C=N–C) groups is 1. The molecule has 0 aliphatic carbocycles. The maximum atomic E-state index is 9.83. The van der Waals surface area contributed by atoms with Gasteiger partial charge in [0.25, 0.3) is 0 Å². The Morgan fingerprint density at radius 1 is 1.12 bits per heavy atom. The summed E-state index contributed by atoms with van der Waals surface area (Å²) in [4.78, 5) is 7.19. The van der Waals surface area contributed by atoms with Gasteiger partial charge >= 0.3 is 0 Å². The first kappa shape index (κ1) is 25.0. The molecule has 3 N–H and O–H groups in total. The van der Waals surface area contributed by atoms with Crippen LogP contribution in [-0.4, -0.2) is 61.5 Å². The van der Waals surface area contributed by atoms with E-state index in [0.717, 1.165) is 76.9 Å². The zero-order valence-electron chi connectivity index (χ0n) is 18.5. The molecule has 0 saturated carbocycles. The maximum absolute atomic E-state index is 9.83. The van der Waals surface area contributed by atoms with Gasteiger partial charge in [-0.25, -0.2) is 4.99 Å². The van der Waals surface area contributed by atoms with Gasteiger partial charge < -0.3 is 24.9 Å². The summed E-state index contributed by atoms with van der Waals surface area (Å²) in [5.41, 5.74) is 2.50. The Bertz CT molecular complexity index is 824. The van der Waals surface area contributed by atoms with Crippen molar-refractivity contribution in [3.63, 3.8) is 0 Å². The molecule has 7 nitrogen and oxygen atoms in total. The molecule has 8 heteroatoms. The predicted octanol–water partition coefficient (Wildman–Crippen LogP) is 2.78. The Hall–Kier alpha value is -1.62. The van der Waals surface area contributed by atoms with Crippen molar-refractivity contribution in [2.45, 2.75) is 38.5 Å². The third kappa shape index (κ3) is 7.75. The van der Waals surface area contributed by atoms with E-state index in [9.17, 15) is 5.11 Å². The quantitative estimate of drug-likeness (QED) is 0.251. The van der Waals surface area contributed by atoms with Crippen molar-refractivity contribution in [3.05, 3.63) is 59.5 Å². The monoisotopic (exact) mass is 554 g/mol. The van der Waals surface area contributed by atoms with E-state index in [1.54, 1.807) is 6.26 Å². The predicted molar refractivity (Wildman–Crippen MR) is 136 cm³/mol. The summed E-state index contributed by atoms with van der Waals surface area (Å²) in [6, 6.07) is 12.4. The summed E-state index contributed by atoms with van der Waals surface area (Å²) < 4.78 is 10.9. The number of guanidine groups is 1. The van der Waals surface area contributed by atoms with Gasteiger partial charge in [-0.1, -0.05) is 24.3 Å². The normalized spacial score (nSPS) is 21.5. The second-order valence-corrected chi connectivity index (χ2v) is 8.48. The third-order valence-corrected chi connectivity index (χ3v) is 5.99. The molecule has 176 valence electrons. The van der Waals surface area contributed by atoms with Crippen molar-refractivity contribution in [1.82, 2.24) is 15.5 Å². The van der Waals surface area contributed by atoms with Crippen LogP contribution in [0.15, 0.2) is 52.1 Å². The van der Waals surface area contributed by atoms with Crippen LogP contribution in [0.4, 0.5) is 0 Å². The standard InChI is InChI=1S/C24H34N4O3.HI/c29-22-8-11-28(17-22)16-21-5-2-1-4-20(21)15-27-24(26-14-19-9-13-30-18-19)25-10-7-23-6-3-12-31-23;/h1-6,12,19,22,29H,7-11,13-18H2,(H2,25,26,27);1H. The number of furan rings is 1. The number of nitrogens with one attached hydrogen (secondary N) is 2. The van der Waals surface area contributed by atoms with E-state index in [0.29, 0.717) is 12.5 Å². The van der Waals surface area contributed by atoms with Gasteiger partial charge in [0.15, 0.2) is 5.96 Å². The highest BCUT2D eigenvalue weighted by molar-refractivity contribution is 14.0. The Morgan fingerprint density at radius 2 is 2.00 bits per heavy atom. The van der Waals surface area contributed by atoms with Gasteiger partial charge in [-0.2, -0.15) is 0 Å². The highest BCUT2D eigenvalue weighted by atomic mass is 127. The first-order chi connectivity index (χ1) is 15.3. The highest BCUT2D eigenvalue weighted by Gasteiger charge is 2.21. The number of benzene rings is 1. The van der Waals surface area contributed by atoms with Crippen LogP contribution in [0, 0.1) is 5.92 Å².